The minimum atomic E-state index is -0.691. The van der Waals surface area contributed by atoms with Crippen molar-refractivity contribution in [3.63, 3.8) is 0 Å². The Morgan fingerprint density at radius 3 is 2.34 bits per heavy atom. The lowest BCUT2D eigenvalue weighted by Crippen LogP contribution is -2.60. The zero-order valence-electron chi connectivity index (χ0n) is 25.4. The number of β-amino-alcohol motifs (C(OH)–C–C–N with tert-alkyl or cyclic N) is 1. The van der Waals surface area contributed by atoms with E-state index < -0.39 is 23.8 Å². The smallest absolute Gasteiger partial charge is 0.410 e. The van der Waals surface area contributed by atoms with Gasteiger partial charge in [-0.2, -0.15) is 0 Å². The van der Waals surface area contributed by atoms with Crippen molar-refractivity contribution in [2.24, 2.45) is 11.8 Å². The number of hydrogen-bond donors (Lipinski definition) is 2. The Labute approximate surface area is 251 Å². The summed E-state index contributed by atoms with van der Waals surface area (Å²) in [7, 11) is 0. The van der Waals surface area contributed by atoms with Crippen molar-refractivity contribution in [1.29, 1.82) is 0 Å². The lowest BCUT2D eigenvalue weighted by Gasteiger charge is -2.43. The van der Waals surface area contributed by atoms with Crippen molar-refractivity contribution in [1.82, 2.24) is 20.2 Å². The summed E-state index contributed by atoms with van der Waals surface area (Å²) >= 11 is 6.19. The Balaban J connectivity index is 1.55. The zero-order valence-corrected chi connectivity index (χ0v) is 26.2. The third-order valence-electron chi connectivity index (χ3n) is 8.81. The van der Waals surface area contributed by atoms with Gasteiger partial charge in [0.05, 0.1) is 24.7 Å². The highest BCUT2D eigenvalue weighted by atomic mass is 32.1. The summed E-state index contributed by atoms with van der Waals surface area (Å²) in [5, 5.41) is 13.2. The van der Waals surface area contributed by atoms with Gasteiger partial charge in [0, 0.05) is 32.0 Å². The van der Waals surface area contributed by atoms with E-state index in [1.54, 1.807) is 4.90 Å². The third kappa shape index (κ3) is 8.64. The molecule has 3 atom stereocenters. The number of benzene rings is 1. The van der Waals surface area contributed by atoms with Crippen LogP contribution in [0, 0.1) is 11.8 Å². The van der Waals surface area contributed by atoms with Crippen LogP contribution in [0.1, 0.15) is 91.0 Å². The van der Waals surface area contributed by atoms with E-state index in [4.69, 9.17) is 17.0 Å². The van der Waals surface area contributed by atoms with Gasteiger partial charge in [0.1, 0.15) is 10.6 Å². The molecule has 0 aromatic heterocycles. The average molecular weight is 587 g/mol. The van der Waals surface area contributed by atoms with Crippen molar-refractivity contribution in [2.75, 3.05) is 19.6 Å². The van der Waals surface area contributed by atoms with Crippen LogP contribution in [0.5, 0.6) is 0 Å². The molecule has 2 N–H and O–H groups in total. The molecule has 3 fully saturated rings. The molecule has 3 aliphatic rings. The van der Waals surface area contributed by atoms with E-state index in [9.17, 15) is 14.7 Å². The van der Waals surface area contributed by atoms with Gasteiger partial charge in [-0.25, -0.2) is 4.79 Å². The van der Waals surface area contributed by atoms with E-state index in [-0.39, 0.29) is 24.4 Å². The van der Waals surface area contributed by atoms with Gasteiger partial charge in [-0.05, 0) is 51.5 Å². The number of thiocarbonyl (C=S) groups is 1. The fraction of sp³-hybridized carbons (Fsp3) is 0.719. The molecule has 0 radical (unpaired) electrons. The van der Waals surface area contributed by atoms with E-state index in [1.165, 1.54) is 24.8 Å². The molecule has 2 aliphatic heterocycles. The fourth-order valence-electron chi connectivity index (χ4n) is 6.67. The van der Waals surface area contributed by atoms with E-state index in [1.807, 2.05) is 38.8 Å². The zero-order chi connectivity index (χ0) is 29.6. The largest absolute Gasteiger partial charge is 0.444 e. The molecule has 1 aliphatic carbocycles. The first-order valence-corrected chi connectivity index (χ1v) is 16.0. The van der Waals surface area contributed by atoms with Gasteiger partial charge in [0.25, 0.3) is 0 Å². The first-order chi connectivity index (χ1) is 19.6. The number of amides is 2. The van der Waals surface area contributed by atoms with Gasteiger partial charge < -0.3 is 9.84 Å². The van der Waals surface area contributed by atoms with Crippen molar-refractivity contribution < 1.29 is 19.4 Å². The molecule has 1 aromatic rings. The van der Waals surface area contributed by atoms with Gasteiger partial charge in [-0.3, -0.25) is 25.0 Å². The molecule has 2 heterocycles. The van der Waals surface area contributed by atoms with Crippen LogP contribution in [0.15, 0.2) is 30.3 Å². The van der Waals surface area contributed by atoms with Crippen molar-refractivity contribution >= 4 is 29.2 Å². The second-order valence-electron chi connectivity index (χ2n) is 13.1. The number of nitrogens with one attached hydrogen (secondary N) is 1. The Bertz CT molecular complexity index is 1020. The number of aliphatic hydroxyl groups is 1. The number of hydrazine groups is 1. The second-order valence-corrected chi connectivity index (χ2v) is 13.6. The molecule has 0 bridgehead atoms. The predicted octanol–water partition coefficient (Wildman–Crippen LogP) is 5.29. The summed E-state index contributed by atoms with van der Waals surface area (Å²) in [6.45, 7) is 10.2. The number of piperidine rings is 1. The predicted molar refractivity (Wildman–Crippen MR) is 165 cm³/mol. The Kier molecular flexibility index (Phi) is 11.1. The fourth-order valence-corrected chi connectivity index (χ4v) is 7.17. The van der Waals surface area contributed by atoms with Gasteiger partial charge in [0.15, 0.2) is 0 Å². The molecule has 9 heteroatoms. The molecular weight excluding hydrogens is 536 g/mol. The summed E-state index contributed by atoms with van der Waals surface area (Å²) in [4.78, 5) is 30.8. The van der Waals surface area contributed by atoms with Crippen LogP contribution < -0.4 is 5.43 Å². The van der Waals surface area contributed by atoms with Gasteiger partial charge in [0.2, 0.25) is 5.91 Å². The highest BCUT2D eigenvalue weighted by molar-refractivity contribution is 7.80. The molecular formula is C32H50N4O4S. The maximum Gasteiger partial charge on any atom is 0.410 e. The number of carbonyl (C=O) groups is 2. The Morgan fingerprint density at radius 1 is 1.07 bits per heavy atom. The van der Waals surface area contributed by atoms with Crippen molar-refractivity contribution in [2.45, 2.75) is 116 Å². The normalized spacial score (nSPS) is 24.7. The van der Waals surface area contributed by atoms with E-state index in [0.717, 1.165) is 51.7 Å². The monoisotopic (exact) mass is 586 g/mol. The third-order valence-corrected chi connectivity index (χ3v) is 9.24. The first-order valence-electron chi connectivity index (χ1n) is 15.6. The molecule has 4 rings (SSSR count). The van der Waals surface area contributed by atoms with Crippen LogP contribution in [0.4, 0.5) is 4.79 Å². The van der Waals surface area contributed by atoms with Gasteiger partial charge in [-0.1, -0.05) is 81.6 Å². The Hall–Kier alpha value is -2.23. The number of hydrogen-bond acceptors (Lipinski definition) is 6. The average Bonchev–Trinajstić information content (AvgIpc) is 3.27. The van der Waals surface area contributed by atoms with Crippen molar-refractivity contribution in [3.05, 3.63) is 35.9 Å². The maximum atomic E-state index is 13.5. The summed E-state index contributed by atoms with van der Waals surface area (Å²) in [6.07, 6.45) is 7.64. The van der Waals surface area contributed by atoms with Crippen LogP contribution in [0.25, 0.3) is 0 Å². The molecule has 41 heavy (non-hydrogen) atoms. The standard InChI is InChI=1S/C32H50N4O4S/c1-5-28(38)33-36(25-16-18-34(19-17-25)21-24-14-10-7-11-15-24)30(41)29-26(20-23-12-8-6-9-13-23)27(37)22-35(29)31(39)40-32(2,3)4/h7,10-11,14-15,23,25-27,29,37H,5-6,8-9,12-13,16-22H2,1-4H3,(H,33,38)/t26?,27-,29-/m0/s1. The molecule has 1 aromatic carbocycles. The lowest BCUT2D eigenvalue weighted by atomic mass is 9.79. The van der Waals surface area contributed by atoms with E-state index in [0.29, 0.717) is 17.3 Å². The number of rotatable bonds is 7. The first kappa shape index (κ1) is 31.7. The van der Waals surface area contributed by atoms with E-state index in [2.05, 4.69) is 34.6 Å². The summed E-state index contributed by atoms with van der Waals surface area (Å²) in [6, 6.07) is 9.97. The second kappa shape index (κ2) is 14.3. The molecule has 1 unspecified atom stereocenters. The van der Waals surface area contributed by atoms with Crippen LogP contribution in [0.3, 0.4) is 0 Å². The molecule has 2 amide bonds. The molecule has 8 nitrogen and oxygen atoms in total. The number of nitrogens with zero attached hydrogens (tertiary/aromatic N) is 3. The highest BCUT2D eigenvalue weighted by Crippen LogP contribution is 2.38. The van der Waals surface area contributed by atoms with Crippen molar-refractivity contribution in [3.8, 4) is 0 Å². The lowest BCUT2D eigenvalue weighted by molar-refractivity contribution is -0.125. The van der Waals surface area contributed by atoms with E-state index >= 15 is 0 Å². The summed E-state index contributed by atoms with van der Waals surface area (Å²) in [5.41, 5.74) is 3.72. The van der Waals surface area contributed by atoms with Crippen LogP contribution >= 0.6 is 12.2 Å². The molecule has 1 saturated carbocycles. The van der Waals surface area contributed by atoms with Gasteiger partial charge in [-0.15, -0.1) is 0 Å². The minimum Gasteiger partial charge on any atom is -0.444 e. The van der Waals surface area contributed by atoms with Gasteiger partial charge >= 0.3 is 6.09 Å². The summed E-state index contributed by atoms with van der Waals surface area (Å²) in [5.74, 6) is 0.203. The van der Waals surface area contributed by atoms with Crippen LogP contribution in [0.2, 0.25) is 0 Å². The van der Waals surface area contributed by atoms with Crippen LogP contribution in [-0.4, -0.2) is 80.3 Å². The Morgan fingerprint density at radius 2 is 1.73 bits per heavy atom. The number of carbonyl (C=O) groups excluding carboxylic acids is 2. The molecule has 0 spiro atoms. The maximum absolute atomic E-state index is 13.5. The minimum absolute atomic E-state index is 0.0126. The molecule has 2 saturated heterocycles. The summed E-state index contributed by atoms with van der Waals surface area (Å²) < 4.78 is 5.79. The highest BCUT2D eigenvalue weighted by Gasteiger charge is 2.49. The topological polar surface area (TPSA) is 85.4 Å². The number of aliphatic hydroxyl groups excluding tert-OH is 1. The SMILES string of the molecule is CCC(=O)NN(C(=S)[C@@H]1C(CC2CCCCC2)[C@@H](O)CN1C(=O)OC(C)(C)C)C1CCN(Cc2ccccc2)CC1. The molecule has 228 valence electrons. The quantitative estimate of drug-likeness (QED) is 0.332. The number of likely N-dealkylation sites (tertiary alicyclic amines) is 2. The number of ether oxygens (including phenoxy) is 1. The van der Waals surface area contributed by atoms with Crippen LogP contribution in [-0.2, 0) is 16.1 Å².